The molecule has 0 bridgehead atoms. The third kappa shape index (κ3) is 3.14. The molecule has 0 radical (unpaired) electrons. The Labute approximate surface area is 78.1 Å². The minimum atomic E-state index is -5.75. The molecule has 2 N–H and O–H groups in total. The Hall–Kier alpha value is -0.830. The monoisotopic (exact) mass is 235 g/mol. The Balaban J connectivity index is 4.75. The van der Waals surface area contributed by atoms with Gasteiger partial charge in [-0.05, 0) is 6.42 Å². The molecule has 0 aromatic heterocycles. The molecule has 84 valence electrons. The zero-order valence-electron chi connectivity index (χ0n) is 7.04. The molecule has 0 aliphatic rings. The highest BCUT2D eigenvalue weighted by Crippen LogP contribution is 2.26. The zero-order chi connectivity index (χ0) is 11.6. The van der Waals surface area contributed by atoms with Crippen LogP contribution >= 0.6 is 0 Å². The van der Waals surface area contributed by atoms with Crippen molar-refractivity contribution in [3.05, 3.63) is 0 Å². The third-order valence-corrected chi connectivity index (χ3v) is 2.27. The number of alkyl halides is 3. The highest BCUT2D eigenvalue weighted by atomic mass is 32.2. The summed E-state index contributed by atoms with van der Waals surface area (Å²) in [5.74, 6) is -1.26. The van der Waals surface area contributed by atoms with Crippen molar-refractivity contribution in [2.45, 2.75) is 25.0 Å². The quantitative estimate of drug-likeness (QED) is 0.553. The molecular weight excluding hydrogens is 227 g/mol. The lowest BCUT2D eigenvalue weighted by molar-refractivity contribution is -0.125. The first kappa shape index (κ1) is 13.2. The summed E-state index contributed by atoms with van der Waals surface area (Å²) in [6, 6.07) is 0. The van der Waals surface area contributed by atoms with Crippen molar-refractivity contribution in [1.29, 1.82) is 0 Å². The van der Waals surface area contributed by atoms with Gasteiger partial charge in [0.15, 0.2) is 6.10 Å². The molecule has 0 saturated carbocycles. The van der Waals surface area contributed by atoms with Gasteiger partial charge in [0.05, 0.1) is 0 Å². The van der Waals surface area contributed by atoms with Gasteiger partial charge in [-0.2, -0.15) is 21.6 Å². The maximum Gasteiger partial charge on any atom is 0.523 e. The fraction of sp³-hybridized carbons (Fsp3) is 0.800. The summed E-state index contributed by atoms with van der Waals surface area (Å²) in [6.45, 7) is 1.27. The van der Waals surface area contributed by atoms with E-state index in [1.165, 1.54) is 6.92 Å². The van der Waals surface area contributed by atoms with Gasteiger partial charge in [0.1, 0.15) is 0 Å². The molecule has 0 aliphatic carbocycles. The molecule has 0 spiro atoms. The fourth-order valence-corrected chi connectivity index (χ4v) is 1.17. The minimum absolute atomic E-state index is 0.259. The number of hydrogen-bond acceptors (Lipinski definition) is 4. The lowest BCUT2D eigenvalue weighted by atomic mass is 10.3. The molecule has 0 rings (SSSR count). The Bertz CT molecular complexity index is 309. The Morgan fingerprint density at radius 1 is 1.50 bits per heavy atom. The predicted octanol–water partition coefficient (Wildman–Crippen LogP) is 0.117. The van der Waals surface area contributed by atoms with Crippen LogP contribution in [-0.4, -0.2) is 25.9 Å². The number of carbonyl (C=O) groups is 1. The van der Waals surface area contributed by atoms with Gasteiger partial charge in [-0.25, -0.2) is 4.18 Å². The first-order valence-electron chi connectivity index (χ1n) is 3.40. The van der Waals surface area contributed by atoms with Gasteiger partial charge >= 0.3 is 15.6 Å². The molecule has 0 heterocycles. The average Bonchev–Trinajstić information content (AvgIpc) is 1.97. The van der Waals surface area contributed by atoms with Gasteiger partial charge in [-0.1, -0.05) is 6.92 Å². The smallest absolute Gasteiger partial charge is 0.367 e. The normalized spacial score (nSPS) is 15.1. The van der Waals surface area contributed by atoms with Crippen molar-refractivity contribution >= 4 is 16.0 Å². The van der Waals surface area contributed by atoms with Crippen molar-refractivity contribution in [2.75, 3.05) is 0 Å². The van der Waals surface area contributed by atoms with Crippen LogP contribution in [0.15, 0.2) is 0 Å². The minimum Gasteiger partial charge on any atom is -0.367 e. The largest absolute Gasteiger partial charge is 0.523 e. The van der Waals surface area contributed by atoms with Gasteiger partial charge in [0.25, 0.3) is 0 Å². The molecule has 5 nitrogen and oxygen atoms in total. The Morgan fingerprint density at radius 2 is 1.93 bits per heavy atom. The van der Waals surface area contributed by atoms with E-state index in [1.54, 1.807) is 0 Å². The van der Waals surface area contributed by atoms with Crippen molar-refractivity contribution in [1.82, 2.24) is 0 Å². The van der Waals surface area contributed by atoms with Crippen LogP contribution in [0.4, 0.5) is 13.2 Å². The maximum atomic E-state index is 11.7. The van der Waals surface area contributed by atoms with Gasteiger partial charge in [0, 0.05) is 0 Å². The summed E-state index contributed by atoms with van der Waals surface area (Å²) in [4.78, 5) is 10.4. The second-order valence-electron chi connectivity index (χ2n) is 2.30. The molecule has 1 atom stereocenters. The number of rotatable bonds is 4. The molecule has 0 fully saturated rings. The number of hydrogen-bond donors (Lipinski definition) is 1. The Morgan fingerprint density at radius 3 is 2.14 bits per heavy atom. The first-order valence-corrected chi connectivity index (χ1v) is 4.81. The van der Waals surface area contributed by atoms with Crippen LogP contribution in [0.5, 0.6) is 0 Å². The summed E-state index contributed by atoms with van der Waals surface area (Å²) in [5.41, 5.74) is -0.944. The van der Waals surface area contributed by atoms with Crippen LogP contribution < -0.4 is 5.73 Å². The van der Waals surface area contributed by atoms with E-state index in [-0.39, 0.29) is 6.42 Å². The lowest BCUT2D eigenvalue weighted by Crippen LogP contribution is -2.37. The average molecular weight is 235 g/mol. The molecule has 1 amide bonds. The van der Waals surface area contributed by atoms with Crippen LogP contribution in [-0.2, 0) is 19.1 Å². The summed E-state index contributed by atoms with van der Waals surface area (Å²) in [6.07, 6.45) is -2.05. The van der Waals surface area contributed by atoms with Crippen molar-refractivity contribution in [3.63, 3.8) is 0 Å². The summed E-state index contributed by atoms with van der Waals surface area (Å²) >= 11 is 0. The molecule has 1 unspecified atom stereocenters. The molecule has 9 heteroatoms. The van der Waals surface area contributed by atoms with Crippen LogP contribution in [0.25, 0.3) is 0 Å². The number of nitrogens with two attached hydrogens (primary N) is 1. The summed E-state index contributed by atoms with van der Waals surface area (Å²) in [7, 11) is -5.75. The predicted molar refractivity (Wildman–Crippen MR) is 39.3 cm³/mol. The number of primary amides is 1. The van der Waals surface area contributed by atoms with Gasteiger partial charge < -0.3 is 5.73 Å². The molecule has 0 aliphatic heterocycles. The number of carbonyl (C=O) groups excluding carboxylic acids is 1. The SMILES string of the molecule is CCC(OS(=O)(=O)C(F)(F)F)C(N)=O. The standard InChI is InChI=1S/C5H8F3NO4S/c1-2-3(4(9)10)13-14(11,12)5(6,7)8/h3H,2H2,1H3,(H2,9,10). The Kier molecular flexibility index (Phi) is 3.89. The van der Waals surface area contributed by atoms with E-state index in [4.69, 9.17) is 0 Å². The van der Waals surface area contributed by atoms with E-state index >= 15 is 0 Å². The van der Waals surface area contributed by atoms with Crippen molar-refractivity contribution < 1.29 is 30.6 Å². The fourth-order valence-electron chi connectivity index (χ4n) is 0.524. The van der Waals surface area contributed by atoms with Crippen molar-refractivity contribution in [3.8, 4) is 0 Å². The van der Waals surface area contributed by atoms with Gasteiger partial charge in [-0.3, -0.25) is 4.79 Å². The van der Waals surface area contributed by atoms with E-state index in [1.807, 2.05) is 0 Å². The maximum absolute atomic E-state index is 11.7. The van der Waals surface area contributed by atoms with E-state index in [2.05, 4.69) is 9.92 Å². The first-order chi connectivity index (χ1) is 6.12. The van der Waals surface area contributed by atoms with E-state index in [9.17, 15) is 26.4 Å². The number of amides is 1. The second-order valence-corrected chi connectivity index (χ2v) is 3.86. The molecular formula is C5H8F3NO4S. The van der Waals surface area contributed by atoms with Crippen LogP contribution in [0, 0.1) is 0 Å². The van der Waals surface area contributed by atoms with E-state index in [0.29, 0.717) is 0 Å². The van der Waals surface area contributed by atoms with E-state index < -0.39 is 27.6 Å². The molecule has 0 aromatic carbocycles. The van der Waals surface area contributed by atoms with Gasteiger partial charge in [-0.15, -0.1) is 0 Å². The topological polar surface area (TPSA) is 86.5 Å². The number of halogens is 3. The van der Waals surface area contributed by atoms with Gasteiger partial charge in [0.2, 0.25) is 5.91 Å². The third-order valence-electron chi connectivity index (χ3n) is 1.21. The molecule has 14 heavy (non-hydrogen) atoms. The highest BCUT2D eigenvalue weighted by molar-refractivity contribution is 7.87. The summed E-state index contributed by atoms with van der Waals surface area (Å²) in [5, 5.41) is 0. The zero-order valence-corrected chi connectivity index (χ0v) is 7.85. The van der Waals surface area contributed by atoms with E-state index in [0.717, 1.165) is 0 Å². The molecule has 0 aromatic rings. The van der Waals surface area contributed by atoms with Crippen LogP contribution in [0.2, 0.25) is 0 Å². The van der Waals surface area contributed by atoms with Crippen molar-refractivity contribution in [2.24, 2.45) is 5.73 Å². The molecule has 0 saturated heterocycles. The van der Waals surface area contributed by atoms with Crippen LogP contribution in [0.1, 0.15) is 13.3 Å². The van der Waals surface area contributed by atoms with Crippen LogP contribution in [0.3, 0.4) is 0 Å². The highest BCUT2D eigenvalue weighted by Gasteiger charge is 2.49. The summed E-state index contributed by atoms with van der Waals surface area (Å²) < 4.78 is 59.5. The second kappa shape index (κ2) is 4.13. The lowest BCUT2D eigenvalue weighted by Gasteiger charge is -2.13.